The number of aromatic nitrogens is 1. The van der Waals surface area contributed by atoms with Crippen LogP contribution in [0.15, 0.2) is 12.3 Å². The molecule has 116 valence electrons. The Hall–Kier alpha value is -1.93. The van der Waals surface area contributed by atoms with Crippen LogP contribution in [0.25, 0.3) is 0 Å². The smallest absolute Gasteiger partial charge is 0.287 e. The van der Waals surface area contributed by atoms with E-state index in [1.165, 1.54) is 12.3 Å². The third-order valence-corrected chi connectivity index (χ3v) is 3.29. The Kier molecular flexibility index (Phi) is 5.29. The number of ether oxygens (including phenoxy) is 1. The minimum absolute atomic E-state index is 0.0368. The Bertz CT molecular complexity index is 510. The summed E-state index contributed by atoms with van der Waals surface area (Å²) in [5.74, 6) is -0.274. The molecule has 1 heterocycles. The van der Waals surface area contributed by atoms with E-state index < -0.39 is 4.92 Å². The molecule has 1 saturated carbocycles. The van der Waals surface area contributed by atoms with Crippen LogP contribution in [0.5, 0.6) is 0 Å². The van der Waals surface area contributed by atoms with Gasteiger partial charge in [-0.3, -0.25) is 14.9 Å². The minimum atomic E-state index is -0.470. The van der Waals surface area contributed by atoms with Gasteiger partial charge in [-0.25, -0.2) is 0 Å². The SMILES string of the molecule is COCCNCCNC(=O)c1cc([N+](=O)[O-])cn1C1CC1. The fourth-order valence-electron chi connectivity index (χ4n) is 2.06. The molecular weight excluding hydrogens is 276 g/mol. The van der Waals surface area contributed by atoms with E-state index in [1.54, 1.807) is 11.7 Å². The molecule has 1 amide bonds. The van der Waals surface area contributed by atoms with E-state index in [9.17, 15) is 14.9 Å². The average Bonchev–Trinajstić information content (AvgIpc) is 3.20. The number of nitrogens with zero attached hydrogens (tertiary/aromatic N) is 2. The number of carbonyl (C=O) groups excluding carboxylic acids is 1. The van der Waals surface area contributed by atoms with Gasteiger partial charge in [0.1, 0.15) is 5.69 Å². The molecule has 1 fully saturated rings. The van der Waals surface area contributed by atoms with Gasteiger partial charge >= 0.3 is 0 Å². The van der Waals surface area contributed by atoms with Crippen molar-refractivity contribution in [1.29, 1.82) is 0 Å². The lowest BCUT2D eigenvalue weighted by molar-refractivity contribution is -0.384. The molecule has 0 unspecified atom stereocenters. The lowest BCUT2D eigenvalue weighted by Crippen LogP contribution is -2.33. The molecular formula is C13H20N4O4. The van der Waals surface area contributed by atoms with E-state index in [0.29, 0.717) is 25.4 Å². The molecule has 0 atom stereocenters. The first-order valence-electron chi connectivity index (χ1n) is 6.97. The normalized spacial score (nSPS) is 14.1. The van der Waals surface area contributed by atoms with Crippen molar-refractivity contribution in [3.63, 3.8) is 0 Å². The van der Waals surface area contributed by atoms with Gasteiger partial charge in [-0.2, -0.15) is 0 Å². The molecule has 0 saturated heterocycles. The minimum Gasteiger partial charge on any atom is -0.383 e. The summed E-state index contributed by atoms with van der Waals surface area (Å²) in [6, 6.07) is 1.56. The second kappa shape index (κ2) is 7.19. The number of nitrogens with one attached hydrogen (secondary N) is 2. The number of nitro groups is 1. The van der Waals surface area contributed by atoms with Crippen LogP contribution in [-0.4, -0.2) is 48.7 Å². The Morgan fingerprint density at radius 1 is 1.48 bits per heavy atom. The van der Waals surface area contributed by atoms with E-state index in [2.05, 4.69) is 10.6 Å². The number of methoxy groups -OCH3 is 1. The van der Waals surface area contributed by atoms with Crippen molar-refractivity contribution >= 4 is 11.6 Å². The quantitative estimate of drug-likeness (QED) is 0.397. The van der Waals surface area contributed by atoms with Crippen molar-refractivity contribution in [2.75, 3.05) is 33.4 Å². The third kappa shape index (κ3) is 4.27. The molecule has 2 rings (SSSR count). The van der Waals surface area contributed by atoms with Crippen LogP contribution in [0, 0.1) is 10.1 Å². The van der Waals surface area contributed by atoms with Crippen LogP contribution in [-0.2, 0) is 4.74 Å². The molecule has 1 aliphatic rings. The standard InChI is InChI=1S/C13H20N4O4/c1-21-7-6-14-4-5-15-13(18)12-8-11(17(19)20)9-16(12)10-2-3-10/h8-10,14H,2-7H2,1H3,(H,15,18). The summed E-state index contributed by atoms with van der Waals surface area (Å²) in [5.41, 5.74) is 0.325. The Labute approximate surface area is 122 Å². The zero-order valence-corrected chi connectivity index (χ0v) is 12.0. The number of rotatable bonds is 9. The molecule has 1 aliphatic carbocycles. The van der Waals surface area contributed by atoms with Crippen LogP contribution < -0.4 is 10.6 Å². The predicted molar refractivity (Wildman–Crippen MR) is 76.4 cm³/mol. The third-order valence-electron chi connectivity index (χ3n) is 3.29. The monoisotopic (exact) mass is 296 g/mol. The van der Waals surface area contributed by atoms with Crippen LogP contribution in [0.4, 0.5) is 5.69 Å². The van der Waals surface area contributed by atoms with Gasteiger partial charge in [-0.15, -0.1) is 0 Å². The molecule has 8 nitrogen and oxygen atoms in total. The van der Waals surface area contributed by atoms with Gasteiger partial charge in [-0.05, 0) is 12.8 Å². The second-order valence-electron chi connectivity index (χ2n) is 4.98. The molecule has 2 N–H and O–H groups in total. The van der Waals surface area contributed by atoms with E-state index in [0.717, 1.165) is 19.4 Å². The molecule has 0 aromatic carbocycles. The van der Waals surface area contributed by atoms with Crippen molar-refractivity contribution in [1.82, 2.24) is 15.2 Å². The summed E-state index contributed by atoms with van der Waals surface area (Å²) in [4.78, 5) is 22.5. The van der Waals surface area contributed by atoms with Gasteiger partial charge in [0.2, 0.25) is 0 Å². The maximum absolute atomic E-state index is 12.1. The fraction of sp³-hybridized carbons (Fsp3) is 0.615. The van der Waals surface area contributed by atoms with Crippen molar-refractivity contribution in [3.05, 3.63) is 28.1 Å². The molecule has 21 heavy (non-hydrogen) atoms. The van der Waals surface area contributed by atoms with E-state index in [1.807, 2.05) is 0 Å². The lowest BCUT2D eigenvalue weighted by atomic mass is 10.3. The van der Waals surface area contributed by atoms with Gasteiger partial charge in [0.15, 0.2) is 0 Å². The highest BCUT2D eigenvalue weighted by molar-refractivity contribution is 5.93. The molecule has 0 spiro atoms. The summed E-state index contributed by atoms with van der Waals surface area (Å²) in [6.45, 7) is 2.43. The summed E-state index contributed by atoms with van der Waals surface area (Å²) in [7, 11) is 1.63. The van der Waals surface area contributed by atoms with Crippen molar-refractivity contribution in [2.45, 2.75) is 18.9 Å². The first-order chi connectivity index (χ1) is 10.1. The van der Waals surface area contributed by atoms with Gasteiger partial charge in [0.05, 0.1) is 17.7 Å². The fourth-order valence-corrected chi connectivity index (χ4v) is 2.06. The zero-order chi connectivity index (χ0) is 15.2. The highest BCUT2D eigenvalue weighted by Crippen LogP contribution is 2.37. The highest BCUT2D eigenvalue weighted by Gasteiger charge is 2.30. The van der Waals surface area contributed by atoms with Crippen LogP contribution in [0.1, 0.15) is 29.4 Å². The molecule has 1 aromatic heterocycles. The van der Waals surface area contributed by atoms with Crippen molar-refractivity contribution < 1.29 is 14.5 Å². The van der Waals surface area contributed by atoms with Crippen LogP contribution in [0.3, 0.4) is 0 Å². The average molecular weight is 296 g/mol. The summed E-state index contributed by atoms with van der Waals surface area (Å²) < 4.78 is 6.61. The number of carbonyl (C=O) groups is 1. The topological polar surface area (TPSA) is 98.4 Å². The Morgan fingerprint density at radius 2 is 2.24 bits per heavy atom. The largest absolute Gasteiger partial charge is 0.383 e. The Balaban J connectivity index is 1.88. The molecule has 8 heteroatoms. The van der Waals surface area contributed by atoms with Gasteiger partial charge < -0.3 is 19.9 Å². The molecule has 0 radical (unpaired) electrons. The highest BCUT2D eigenvalue weighted by atomic mass is 16.6. The number of hydrogen-bond donors (Lipinski definition) is 2. The van der Waals surface area contributed by atoms with Gasteiger partial charge in [0, 0.05) is 38.9 Å². The summed E-state index contributed by atoms with van der Waals surface area (Å²) in [6.07, 6.45) is 3.37. The molecule has 0 bridgehead atoms. The number of amides is 1. The van der Waals surface area contributed by atoms with Crippen molar-refractivity contribution in [2.24, 2.45) is 0 Å². The number of hydrogen-bond acceptors (Lipinski definition) is 5. The Morgan fingerprint density at radius 3 is 2.86 bits per heavy atom. The van der Waals surface area contributed by atoms with E-state index in [4.69, 9.17) is 4.74 Å². The lowest BCUT2D eigenvalue weighted by Gasteiger charge is -2.08. The maximum Gasteiger partial charge on any atom is 0.287 e. The summed E-state index contributed by atoms with van der Waals surface area (Å²) in [5, 5.41) is 16.7. The second-order valence-corrected chi connectivity index (χ2v) is 4.98. The van der Waals surface area contributed by atoms with Crippen molar-refractivity contribution in [3.8, 4) is 0 Å². The summed E-state index contributed by atoms with van der Waals surface area (Å²) >= 11 is 0. The predicted octanol–water partition coefficient (Wildman–Crippen LogP) is 0.697. The van der Waals surface area contributed by atoms with Gasteiger partial charge in [0.25, 0.3) is 11.6 Å². The van der Waals surface area contributed by atoms with E-state index >= 15 is 0 Å². The molecule has 0 aliphatic heterocycles. The first-order valence-corrected chi connectivity index (χ1v) is 6.97. The first kappa shape index (κ1) is 15.5. The van der Waals surface area contributed by atoms with Crippen LogP contribution in [0.2, 0.25) is 0 Å². The maximum atomic E-state index is 12.1. The van der Waals surface area contributed by atoms with E-state index in [-0.39, 0.29) is 17.6 Å². The molecule has 1 aromatic rings. The zero-order valence-electron chi connectivity index (χ0n) is 12.0. The van der Waals surface area contributed by atoms with Crippen LogP contribution >= 0.6 is 0 Å². The van der Waals surface area contributed by atoms with Gasteiger partial charge in [-0.1, -0.05) is 0 Å².